The van der Waals surface area contributed by atoms with Crippen molar-refractivity contribution in [2.45, 2.75) is 26.2 Å². The highest BCUT2D eigenvalue weighted by atomic mass is 16.6. The van der Waals surface area contributed by atoms with Crippen LogP contribution >= 0.6 is 0 Å². The van der Waals surface area contributed by atoms with E-state index in [1.807, 2.05) is 13.0 Å². The van der Waals surface area contributed by atoms with Crippen molar-refractivity contribution >= 4 is 11.4 Å². The number of nitrogens with one attached hydrogen (secondary N) is 1. The fourth-order valence-electron chi connectivity index (χ4n) is 1.71. The van der Waals surface area contributed by atoms with E-state index in [1.54, 1.807) is 19.2 Å². The molecule has 1 rings (SSSR count). The first-order valence-electron chi connectivity index (χ1n) is 6.13. The topological polar surface area (TPSA) is 64.4 Å². The van der Waals surface area contributed by atoms with Gasteiger partial charge in [0.05, 0.1) is 4.92 Å². The lowest BCUT2D eigenvalue weighted by Crippen LogP contribution is -2.05. The summed E-state index contributed by atoms with van der Waals surface area (Å²) in [6, 6.07) is 5.23. The van der Waals surface area contributed by atoms with Crippen LogP contribution in [0.3, 0.4) is 0 Å². The van der Waals surface area contributed by atoms with Gasteiger partial charge in [-0.3, -0.25) is 10.1 Å². The molecule has 100 valence electrons. The molecule has 18 heavy (non-hydrogen) atoms. The SMILES string of the molecule is COCCCCCNc1ccc(C)cc1[N+](=O)[O-]. The molecule has 0 fully saturated rings. The first kappa shape index (κ1) is 14.4. The van der Waals surface area contributed by atoms with E-state index in [0.29, 0.717) is 5.69 Å². The fraction of sp³-hybridized carbons (Fsp3) is 0.538. The number of rotatable bonds is 8. The van der Waals surface area contributed by atoms with Crippen molar-refractivity contribution < 1.29 is 9.66 Å². The molecule has 0 spiro atoms. The molecular weight excluding hydrogens is 232 g/mol. The molecule has 5 heteroatoms. The summed E-state index contributed by atoms with van der Waals surface area (Å²) in [5.41, 5.74) is 1.64. The third-order valence-electron chi connectivity index (χ3n) is 2.69. The monoisotopic (exact) mass is 252 g/mol. The molecule has 1 aromatic carbocycles. The molecule has 0 saturated carbocycles. The fourth-order valence-corrected chi connectivity index (χ4v) is 1.71. The minimum absolute atomic E-state index is 0.145. The van der Waals surface area contributed by atoms with Crippen molar-refractivity contribution in [1.29, 1.82) is 0 Å². The minimum atomic E-state index is -0.347. The van der Waals surface area contributed by atoms with Gasteiger partial charge in [-0.05, 0) is 37.8 Å². The van der Waals surface area contributed by atoms with Gasteiger partial charge in [0.15, 0.2) is 0 Å². The van der Waals surface area contributed by atoms with E-state index in [-0.39, 0.29) is 10.6 Å². The predicted molar refractivity (Wildman–Crippen MR) is 72.1 cm³/mol. The van der Waals surface area contributed by atoms with Gasteiger partial charge >= 0.3 is 0 Å². The van der Waals surface area contributed by atoms with Gasteiger partial charge in [-0.1, -0.05) is 6.07 Å². The second-order valence-electron chi connectivity index (χ2n) is 4.26. The largest absolute Gasteiger partial charge is 0.385 e. The zero-order chi connectivity index (χ0) is 13.4. The van der Waals surface area contributed by atoms with Crippen molar-refractivity contribution in [1.82, 2.24) is 0 Å². The van der Waals surface area contributed by atoms with Crippen LogP contribution in [0.25, 0.3) is 0 Å². The predicted octanol–water partition coefficient (Wildman–Crippen LogP) is 3.13. The number of hydrogen-bond acceptors (Lipinski definition) is 4. The Bertz CT molecular complexity index is 394. The molecule has 0 aliphatic heterocycles. The molecule has 0 aliphatic rings. The molecule has 0 unspecified atom stereocenters. The van der Waals surface area contributed by atoms with Gasteiger partial charge < -0.3 is 10.1 Å². The van der Waals surface area contributed by atoms with Crippen LogP contribution in [0, 0.1) is 17.0 Å². The third kappa shape index (κ3) is 4.71. The Kier molecular flexibility index (Phi) is 6.14. The van der Waals surface area contributed by atoms with Crippen molar-refractivity contribution in [3.8, 4) is 0 Å². The molecular formula is C13H20N2O3. The van der Waals surface area contributed by atoms with Crippen LogP contribution in [0.1, 0.15) is 24.8 Å². The first-order valence-corrected chi connectivity index (χ1v) is 6.13. The molecule has 0 bridgehead atoms. The molecule has 0 amide bonds. The Morgan fingerprint density at radius 3 is 2.78 bits per heavy atom. The lowest BCUT2D eigenvalue weighted by Gasteiger charge is -2.07. The summed E-state index contributed by atoms with van der Waals surface area (Å²) in [6.45, 7) is 3.36. The smallest absolute Gasteiger partial charge is 0.292 e. The summed E-state index contributed by atoms with van der Waals surface area (Å²) >= 11 is 0. The number of nitrogens with zero attached hydrogens (tertiary/aromatic N) is 1. The number of hydrogen-bond donors (Lipinski definition) is 1. The highest BCUT2D eigenvalue weighted by molar-refractivity contribution is 5.62. The Labute approximate surface area is 107 Å². The van der Waals surface area contributed by atoms with Crippen LogP contribution in [-0.4, -0.2) is 25.2 Å². The van der Waals surface area contributed by atoms with Gasteiger partial charge in [-0.25, -0.2) is 0 Å². The van der Waals surface area contributed by atoms with E-state index in [2.05, 4.69) is 5.32 Å². The molecule has 0 aromatic heterocycles. The maximum absolute atomic E-state index is 10.9. The van der Waals surface area contributed by atoms with Gasteiger partial charge in [0.25, 0.3) is 5.69 Å². The molecule has 0 radical (unpaired) electrons. The van der Waals surface area contributed by atoms with Gasteiger partial charge in [0.2, 0.25) is 0 Å². The Balaban J connectivity index is 2.44. The molecule has 0 heterocycles. The van der Waals surface area contributed by atoms with Gasteiger partial charge in [-0.15, -0.1) is 0 Å². The normalized spacial score (nSPS) is 10.3. The highest BCUT2D eigenvalue weighted by Gasteiger charge is 2.12. The maximum Gasteiger partial charge on any atom is 0.292 e. The van der Waals surface area contributed by atoms with Crippen LogP contribution in [0.4, 0.5) is 11.4 Å². The summed E-state index contributed by atoms with van der Waals surface area (Å²) in [5.74, 6) is 0. The number of aryl methyl sites for hydroxylation is 1. The van der Waals surface area contributed by atoms with Crippen molar-refractivity contribution in [3.63, 3.8) is 0 Å². The standard InChI is InChI=1S/C13H20N2O3/c1-11-6-7-12(13(10-11)15(16)17)14-8-4-3-5-9-18-2/h6-7,10,14H,3-5,8-9H2,1-2H3. The van der Waals surface area contributed by atoms with E-state index in [4.69, 9.17) is 4.74 Å². The van der Waals surface area contributed by atoms with Crippen LogP contribution in [0.5, 0.6) is 0 Å². The van der Waals surface area contributed by atoms with Crippen LogP contribution in [-0.2, 0) is 4.74 Å². The van der Waals surface area contributed by atoms with Crippen molar-refractivity contribution in [3.05, 3.63) is 33.9 Å². The lowest BCUT2D eigenvalue weighted by molar-refractivity contribution is -0.384. The number of nitro groups is 1. The van der Waals surface area contributed by atoms with E-state index >= 15 is 0 Å². The quantitative estimate of drug-likeness (QED) is 0.438. The zero-order valence-corrected chi connectivity index (χ0v) is 10.9. The number of anilines is 1. The van der Waals surface area contributed by atoms with Gasteiger partial charge in [0.1, 0.15) is 5.69 Å². The Hall–Kier alpha value is -1.62. The molecule has 5 nitrogen and oxygen atoms in total. The number of benzene rings is 1. The average molecular weight is 252 g/mol. The number of unbranched alkanes of at least 4 members (excludes halogenated alkanes) is 2. The summed E-state index contributed by atoms with van der Waals surface area (Å²) in [7, 11) is 1.69. The number of methoxy groups -OCH3 is 1. The van der Waals surface area contributed by atoms with Gasteiger partial charge in [-0.2, -0.15) is 0 Å². The highest BCUT2D eigenvalue weighted by Crippen LogP contribution is 2.25. The Morgan fingerprint density at radius 1 is 1.33 bits per heavy atom. The molecule has 0 aliphatic carbocycles. The van der Waals surface area contributed by atoms with E-state index in [0.717, 1.165) is 38.0 Å². The third-order valence-corrected chi connectivity index (χ3v) is 2.69. The van der Waals surface area contributed by atoms with E-state index < -0.39 is 0 Å². The summed E-state index contributed by atoms with van der Waals surface area (Å²) in [6.07, 6.45) is 3.06. The Morgan fingerprint density at radius 2 is 2.11 bits per heavy atom. The van der Waals surface area contributed by atoms with Crippen molar-refractivity contribution in [2.75, 3.05) is 25.6 Å². The zero-order valence-electron chi connectivity index (χ0n) is 10.9. The van der Waals surface area contributed by atoms with Gasteiger partial charge in [0, 0.05) is 26.3 Å². The minimum Gasteiger partial charge on any atom is -0.385 e. The molecule has 0 atom stereocenters. The summed E-state index contributed by atoms with van der Waals surface area (Å²) in [5, 5.41) is 14.0. The maximum atomic E-state index is 10.9. The summed E-state index contributed by atoms with van der Waals surface area (Å²) in [4.78, 5) is 10.6. The molecule has 0 saturated heterocycles. The lowest BCUT2D eigenvalue weighted by atomic mass is 10.2. The average Bonchev–Trinajstić information content (AvgIpc) is 2.35. The van der Waals surface area contributed by atoms with E-state index in [1.165, 1.54) is 0 Å². The van der Waals surface area contributed by atoms with E-state index in [9.17, 15) is 10.1 Å². The summed E-state index contributed by atoms with van der Waals surface area (Å²) < 4.78 is 4.96. The van der Waals surface area contributed by atoms with Crippen LogP contribution in [0.15, 0.2) is 18.2 Å². The number of ether oxygens (including phenoxy) is 1. The molecule has 1 N–H and O–H groups in total. The van der Waals surface area contributed by atoms with Crippen molar-refractivity contribution in [2.24, 2.45) is 0 Å². The van der Waals surface area contributed by atoms with Crippen LogP contribution < -0.4 is 5.32 Å². The second kappa shape index (κ2) is 7.66. The second-order valence-corrected chi connectivity index (χ2v) is 4.26. The first-order chi connectivity index (χ1) is 8.65. The molecule has 1 aromatic rings. The number of nitro benzene ring substituents is 1. The van der Waals surface area contributed by atoms with Crippen LogP contribution in [0.2, 0.25) is 0 Å².